The largest absolute Gasteiger partial charge is 0.507 e. The number of benzene rings is 2. The highest BCUT2D eigenvalue weighted by Crippen LogP contribution is 2.40. The molecule has 11 heteroatoms. The lowest BCUT2D eigenvalue weighted by atomic mass is 9.95. The van der Waals surface area contributed by atoms with E-state index in [9.17, 15) is 23.1 Å². The number of ketones is 1. The Kier molecular flexibility index (Phi) is 7.58. The number of halogens is 1. The van der Waals surface area contributed by atoms with Crippen LogP contribution in [-0.2, 0) is 29.1 Å². The third-order valence-electron chi connectivity index (χ3n) is 5.98. The Morgan fingerprint density at radius 2 is 1.83 bits per heavy atom. The van der Waals surface area contributed by atoms with E-state index >= 15 is 0 Å². The number of carbonyl (C=O) groups excluding carboxylic acids is 2. The summed E-state index contributed by atoms with van der Waals surface area (Å²) in [7, 11) is -2.24. The normalized spacial score (nSPS) is 21.0. The molecule has 4 rings (SSSR count). The number of amides is 1. The first-order chi connectivity index (χ1) is 16.8. The van der Waals surface area contributed by atoms with Crippen LogP contribution >= 0.6 is 11.6 Å². The minimum Gasteiger partial charge on any atom is -0.507 e. The minimum atomic E-state index is -3.72. The van der Waals surface area contributed by atoms with Crippen LogP contribution in [0.3, 0.4) is 0 Å². The second-order valence-corrected chi connectivity index (χ2v) is 10.5. The van der Waals surface area contributed by atoms with Gasteiger partial charge in [-0.05, 0) is 42.0 Å². The Bertz CT molecular complexity index is 1250. The highest BCUT2D eigenvalue weighted by molar-refractivity contribution is 7.89. The number of ether oxygens (including phenoxy) is 2. The summed E-state index contributed by atoms with van der Waals surface area (Å²) in [6.07, 6.45) is 0. The predicted octanol–water partition coefficient (Wildman–Crippen LogP) is 2.43. The summed E-state index contributed by atoms with van der Waals surface area (Å²) in [5.74, 6) is -2.00. The summed E-state index contributed by atoms with van der Waals surface area (Å²) in [5.41, 5.74) is 0.667. The molecule has 1 amide bonds. The van der Waals surface area contributed by atoms with Crippen LogP contribution in [0.15, 0.2) is 59.0 Å². The van der Waals surface area contributed by atoms with Crippen LogP contribution in [0.1, 0.15) is 17.2 Å². The fourth-order valence-corrected chi connectivity index (χ4v) is 5.81. The molecular formula is C24H25ClN2O7S. The first-order valence-corrected chi connectivity index (χ1v) is 12.8. The molecule has 0 aliphatic carbocycles. The molecule has 186 valence electrons. The highest BCUT2D eigenvalue weighted by atomic mass is 35.5. The molecule has 1 atom stereocenters. The molecule has 2 aromatic carbocycles. The fraction of sp³-hybridized carbons (Fsp3) is 0.333. The highest BCUT2D eigenvalue weighted by Gasteiger charge is 2.46. The fourth-order valence-electron chi connectivity index (χ4n) is 4.20. The van der Waals surface area contributed by atoms with Gasteiger partial charge in [0.25, 0.3) is 11.7 Å². The lowest BCUT2D eigenvalue weighted by Gasteiger charge is -2.26. The Morgan fingerprint density at radius 1 is 1.14 bits per heavy atom. The molecule has 0 spiro atoms. The summed E-state index contributed by atoms with van der Waals surface area (Å²) in [5, 5.41) is 11.5. The molecule has 0 bridgehead atoms. The Hall–Kier alpha value is -2.76. The van der Waals surface area contributed by atoms with Crippen molar-refractivity contribution in [1.82, 2.24) is 9.21 Å². The van der Waals surface area contributed by atoms with Crippen molar-refractivity contribution in [3.05, 3.63) is 70.3 Å². The number of morpholine rings is 1. The van der Waals surface area contributed by atoms with E-state index in [2.05, 4.69) is 0 Å². The zero-order valence-corrected chi connectivity index (χ0v) is 20.6. The van der Waals surface area contributed by atoms with Crippen LogP contribution < -0.4 is 0 Å². The summed E-state index contributed by atoms with van der Waals surface area (Å²) >= 11 is 6.16. The van der Waals surface area contributed by atoms with Gasteiger partial charge in [0.05, 0.1) is 36.3 Å². The molecule has 2 heterocycles. The zero-order chi connectivity index (χ0) is 25.2. The monoisotopic (exact) mass is 520 g/mol. The van der Waals surface area contributed by atoms with E-state index in [0.29, 0.717) is 23.8 Å². The van der Waals surface area contributed by atoms with Crippen molar-refractivity contribution in [2.24, 2.45) is 0 Å². The molecule has 0 unspecified atom stereocenters. The molecule has 0 radical (unpaired) electrons. The first kappa shape index (κ1) is 25.3. The number of hydrogen-bond donors (Lipinski definition) is 1. The van der Waals surface area contributed by atoms with Gasteiger partial charge in [0.1, 0.15) is 5.76 Å². The molecule has 0 aromatic heterocycles. The van der Waals surface area contributed by atoms with Crippen molar-refractivity contribution < 1.29 is 32.6 Å². The van der Waals surface area contributed by atoms with Gasteiger partial charge in [0, 0.05) is 37.3 Å². The lowest BCUT2D eigenvalue weighted by molar-refractivity contribution is -0.140. The van der Waals surface area contributed by atoms with Crippen molar-refractivity contribution >= 4 is 39.1 Å². The van der Waals surface area contributed by atoms with Crippen LogP contribution in [0.25, 0.3) is 5.76 Å². The Balaban J connectivity index is 1.74. The number of rotatable bonds is 7. The molecule has 2 fully saturated rings. The molecule has 35 heavy (non-hydrogen) atoms. The standard InChI is InChI=1S/C24H25ClN2O7S/c1-33-12-11-27-21(17-3-2-4-18(25)15-17)20(23(29)24(27)30)22(28)16-5-7-19(8-6-16)35(31,32)26-9-13-34-14-10-26/h2-8,15,21,28H,9-14H2,1H3/b22-20+/t21-/m0/s1. The lowest BCUT2D eigenvalue weighted by Crippen LogP contribution is -2.40. The van der Waals surface area contributed by atoms with Gasteiger partial charge < -0.3 is 19.5 Å². The average molecular weight is 521 g/mol. The smallest absolute Gasteiger partial charge is 0.295 e. The second kappa shape index (κ2) is 10.5. The van der Waals surface area contributed by atoms with Gasteiger partial charge in [-0.1, -0.05) is 23.7 Å². The van der Waals surface area contributed by atoms with Gasteiger partial charge in [0.2, 0.25) is 10.0 Å². The number of nitrogens with zero attached hydrogens (tertiary/aromatic N) is 2. The molecule has 0 saturated carbocycles. The summed E-state index contributed by atoms with van der Waals surface area (Å²) in [6.45, 7) is 1.49. The van der Waals surface area contributed by atoms with Crippen molar-refractivity contribution in [2.45, 2.75) is 10.9 Å². The Labute approximate surface area is 208 Å². The Morgan fingerprint density at radius 3 is 2.46 bits per heavy atom. The number of sulfonamides is 1. The van der Waals surface area contributed by atoms with Crippen molar-refractivity contribution in [1.29, 1.82) is 0 Å². The van der Waals surface area contributed by atoms with Crippen molar-refractivity contribution in [3.63, 3.8) is 0 Å². The number of Topliss-reactive ketones (excluding diaryl/α,β-unsaturated/α-hetero) is 1. The van der Waals surface area contributed by atoms with E-state index in [1.54, 1.807) is 24.3 Å². The van der Waals surface area contributed by atoms with Gasteiger partial charge >= 0.3 is 0 Å². The van der Waals surface area contributed by atoms with E-state index in [0.717, 1.165) is 0 Å². The van der Waals surface area contributed by atoms with Gasteiger partial charge in [-0.3, -0.25) is 9.59 Å². The molecule has 2 aromatic rings. The molecule has 2 saturated heterocycles. The van der Waals surface area contributed by atoms with Crippen LogP contribution in [0.4, 0.5) is 0 Å². The molecule has 2 aliphatic heterocycles. The van der Waals surface area contributed by atoms with E-state index in [4.69, 9.17) is 21.1 Å². The van der Waals surface area contributed by atoms with Gasteiger partial charge in [0.15, 0.2) is 0 Å². The van der Waals surface area contributed by atoms with Crippen LogP contribution in [0, 0.1) is 0 Å². The maximum absolute atomic E-state index is 13.0. The molecular weight excluding hydrogens is 496 g/mol. The number of hydrogen-bond acceptors (Lipinski definition) is 7. The topological polar surface area (TPSA) is 113 Å². The quantitative estimate of drug-likeness (QED) is 0.339. The van der Waals surface area contributed by atoms with E-state index in [1.807, 2.05) is 0 Å². The number of methoxy groups -OCH3 is 1. The third kappa shape index (κ3) is 4.98. The SMILES string of the molecule is COCCN1C(=O)C(=O)/C(=C(/O)c2ccc(S(=O)(=O)N3CCOCC3)cc2)[C@@H]1c1cccc(Cl)c1. The maximum atomic E-state index is 13.0. The van der Waals surface area contributed by atoms with Crippen LogP contribution in [-0.4, -0.2) is 81.0 Å². The minimum absolute atomic E-state index is 0.0582. The maximum Gasteiger partial charge on any atom is 0.295 e. The second-order valence-electron chi connectivity index (χ2n) is 8.08. The zero-order valence-electron chi connectivity index (χ0n) is 19.0. The average Bonchev–Trinajstić information content (AvgIpc) is 3.12. The van der Waals surface area contributed by atoms with Gasteiger partial charge in [-0.15, -0.1) is 0 Å². The van der Waals surface area contributed by atoms with Gasteiger partial charge in [-0.2, -0.15) is 4.31 Å². The number of aliphatic hydroxyl groups excluding tert-OH is 1. The first-order valence-electron chi connectivity index (χ1n) is 11.0. The number of aliphatic hydroxyl groups is 1. The third-order valence-corrected chi connectivity index (χ3v) is 8.12. The number of likely N-dealkylation sites (tertiary alicyclic amines) is 1. The van der Waals surface area contributed by atoms with Crippen molar-refractivity contribution in [2.75, 3.05) is 46.6 Å². The van der Waals surface area contributed by atoms with E-state index in [-0.39, 0.29) is 42.3 Å². The van der Waals surface area contributed by atoms with E-state index < -0.39 is 33.5 Å². The predicted molar refractivity (Wildman–Crippen MR) is 128 cm³/mol. The summed E-state index contributed by atoms with van der Waals surface area (Å²) < 4.78 is 37.4. The summed E-state index contributed by atoms with van der Waals surface area (Å²) in [4.78, 5) is 27.2. The summed E-state index contributed by atoms with van der Waals surface area (Å²) in [6, 6.07) is 11.4. The van der Waals surface area contributed by atoms with E-state index in [1.165, 1.54) is 40.6 Å². The van der Waals surface area contributed by atoms with Crippen LogP contribution in [0.5, 0.6) is 0 Å². The molecule has 9 nitrogen and oxygen atoms in total. The van der Waals surface area contributed by atoms with Crippen molar-refractivity contribution in [3.8, 4) is 0 Å². The van der Waals surface area contributed by atoms with Crippen LogP contribution in [0.2, 0.25) is 5.02 Å². The molecule has 2 aliphatic rings. The van der Waals surface area contributed by atoms with Gasteiger partial charge in [-0.25, -0.2) is 8.42 Å². The number of carbonyl (C=O) groups is 2. The molecule has 1 N–H and O–H groups in total.